The average molecular weight is 536 g/mol. The molecule has 1 amide bonds. The highest BCUT2D eigenvalue weighted by Crippen LogP contribution is 2.38. The molecular formula is C24H21F5N6O3. The number of alkyl halides is 5. The van der Waals surface area contributed by atoms with Gasteiger partial charge in [0.15, 0.2) is 5.75 Å². The Morgan fingerprint density at radius 1 is 1.08 bits per heavy atom. The van der Waals surface area contributed by atoms with Gasteiger partial charge in [0.2, 0.25) is 5.95 Å². The predicted octanol–water partition coefficient (Wildman–Crippen LogP) is 4.66. The fourth-order valence-electron chi connectivity index (χ4n) is 4.20. The van der Waals surface area contributed by atoms with Gasteiger partial charge in [-0.25, -0.2) is 4.98 Å². The molecule has 200 valence electrons. The lowest BCUT2D eigenvalue weighted by molar-refractivity contribution is -0.137. The van der Waals surface area contributed by atoms with E-state index in [-0.39, 0.29) is 35.2 Å². The summed E-state index contributed by atoms with van der Waals surface area (Å²) in [5.41, 5.74) is 0.416. The number of fused-ring (bicyclic) bond motifs is 1. The molecule has 5 rings (SSSR count). The Morgan fingerprint density at radius 3 is 2.61 bits per heavy atom. The summed E-state index contributed by atoms with van der Waals surface area (Å²) in [4.78, 5) is 21.8. The maximum absolute atomic E-state index is 13.8. The fraction of sp³-hybridized carbons (Fsp3) is 0.292. The Balaban J connectivity index is 1.48. The zero-order chi connectivity index (χ0) is 26.9. The number of rotatable bonds is 7. The molecule has 1 fully saturated rings. The van der Waals surface area contributed by atoms with Crippen molar-refractivity contribution in [3.63, 3.8) is 0 Å². The van der Waals surface area contributed by atoms with Crippen molar-refractivity contribution < 1.29 is 36.2 Å². The Morgan fingerprint density at radius 2 is 1.87 bits per heavy atom. The van der Waals surface area contributed by atoms with Gasteiger partial charge in [0, 0.05) is 37.6 Å². The van der Waals surface area contributed by atoms with E-state index >= 15 is 0 Å². The summed E-state index contributed by atoms with van der Waals surface area (Å²) in [6, 6.07) is 9.24. The molecule has 0 aliphatic carbocycles. The zero-order valence-electron chi connectivity index (χ0n) is 19.6. The van der Waals surface area contributed by atoms with E-state index < -0.39 is 30.1 Å². The molecule has 0 atom stereocenters. The van der Waals surface area contributed by atoms with Crippen LogP contribution in [-0.2, 0) is 17.5 Å². The maximum Gasteiger partial charge on any atom is 0.421 e. The van der Waals surface area contributed by atoms with Crippen molar-refractivity contribution in [2.75, 3.05) is 41.8 Å². The fourth-order valence-corrected chi connectivity index (χ4v) is 4.20. The molecular weight excluding hydrogens is 515 g/mol. The van der Waals surface area contributed by atoms with Crippen LogP contribution in [0.1, 0.15) is 21.5 Å². The summed E-state index contributed by atoms with van der Waals surface area (Å²) >= 11 is 0. The Hall–Kier alpha value is -4.20. The molecule has 2 aliphatic heterocycles. The molecule has 0 bridgehead atoms. The van der Waals surface area contributed by atoms with E-state index in [1.165, 1.54) is 18.2 Å². The van der Waals surface area contributed by atoms with E-state index in [1.54, 1.807) is 18.2 Å². The number of carbonyl (C=O) groups excluding carboxylic acids is 1. The van der Waals surface area contributed by atoms with Crippen molar-refractivity contribution in [1.29, 1.82) is 0 Å². The third-order valence-corrected chi connectivity index (χ3v) is 5.97. The summed E-state index contributed by atoms with van der Waals surface area (Å²) in [6.07, 6.45) is -4.25. The first kappa shape index (κ1) is 25.4. The van der Waals surface area contributed by atoms with Gasteiger partial charge in [0.25, 0.3) is 5.91 Å². The van der Waals surface area contributed by atoms with Crippen molar-refractivity contribution in [3.05, 3.63) is 59.3 Å². The van der Waals surface area contributed by atoms with E-state index in [2.05, 4.69) is 30.7 Å². The van der Waals surface area contributed by atoms with Gasteiger partial charge in [-0.1, -0.05) is 12.1 Å². The summed E-state index contributed by atoms with van der Waals surface area (Å²) in [6.45, 7) is -0.829. The Bertz CT molecular complexity index is 1350. The molecule has 0 spiro atoms. The van der Waals surface area contributed by atoms with Crippen LogP contribution in [-0.4, -0.2) is 48.8 Å². The van der Waals surface area contributed by atoms with Gasteiger partial charge >= 0.3 is 12.8 Å². The molecule has 0 radical (unpaired) electrons. The molecule has 3 heterocycles. The summed E-state index contributed by atoms with van der Waals surface area (Å²) in [7, 11) is 0. The van der Waals surface area contributed by atoms with Gasteiger partial charge in [0.1, 0.15) is 11.4 Å². The maximum atomic E-state index is 13.8. The lowest BCUT2D eigenvalue weighted by Gasteiger charge is -2.29. The van der Waals surface area contributed by atoms with Gasteiger partial charge in [0.05, 0.1) is 30.2 Å². The lowest BCUT2D eigenvalue weighted by atomic mass is 10.1. The smallest absolute Gasteiger partial charge is 0.421 e. The SMILES string of the molecule is O=C1NCc2cccc(Nc3nc(Nc4ccc(N5CCOCC5)cc4OC(F)F)ncc3C(F)(F)F)c21. The molecule has 2 aromatic carbocycles. The van der Waals surface area contributed by atoms with Crippen molar-refractivity contribution >= 4 is 34.7 Å². The topological polar surface area (TPSA) is 101 Å². The molecule has 2 aliphatic rings. The molecule has 1 saturated heterocycles. The van der Waals surface area contributed by atoms with Crippen LogP contribution in [0.3, 0.4) is 0 Å². The number of ether oxygens (including phenoxy) is 2. The highest BCUT2D eigenvalue weighted by molar-refractivity contribution is 6.04. The highest BCUT2D eigenvalue weighted by Gasteiger charge is 2.36. The van der Waals surface area contributed by atoms with Gasteiger partial charge in [-0.15, -0.1) is 0 Å². The van der Waals surface area contributed by atoms with Crippen LogP contribution in [0.2, 0.25) is 0 Å². The van der Waals surface area contributed by atoms with Crippen molar-refractivity contribution in [2.45, 2.75) is 19.3 Å². The zero-order valence-corrected chi connectivity index (χ0v) is 19.6. The normalized spacial score (nSPS) is 15.3. The van der Waals surface area contributed by atoms with E-state index in [9.17, 15) is 26.7 Å². The molecule has 9 nitrogen and oxygen atoms in total. The number of hydrogen-bond acceptors (Lipinski definition) is 8. The largest absolute Gasteiger partial charge is 0.433 e. The number of morpholine rings is 1. The van der Waals surface area contributed by atoms with Crippen LogP contribution in [0.4, 0.5) is 50.8 Å². The number of nitrogens with zero attached hydrogens (tertiary/aromatic N) is 3. The van der Waals surface area contributed by atoms with Gasteiger partial charge < -0.3 is 30.3 Å². The van der Waals surface area contributed by atoms with Crippen molar-refractivity contribution in [3.8, 4) is 5.75 Å². The van der Waals surface area contributed by atoms with E-state index in [0.717, 1.165) is 0 Å². The summed E-state index contributed by atoms with van der Waals surface area (Å²) < 4.78 is 77.6. The highest BCUT2D eigenvalue weighted by atomic mass is 19.4. The number of carbonyl (C=O) groups is 1. The van der Waals surface area contributed by atoms with Crippen LogP contribution in [0.25, 0.3) is 0 Å². The summed E-state index contributed by atoms with van der Waals surface area (Å²) in [5.74, 6) is -1.60. The first-order valence-electron chi connectivity index (χ1n) is 11.5. The third kappa shape index (κ3) is 5.39. The number of halogens is 5. The van der Waals surface area contributed by atoms with E-state index in [4.69, 9.17) is 4.74 Å². The van der Waals surface area contributed by atoms with Crippen LogP contribution >= 0.6 is 0 Å². The minimum absolute atomic E-state index is 0.0213. The second kappa shape index (κ2) is 10.3. The first-order valence-corrected chi connectivity index (χ1v) is 11.5. The molecule has 0 saturated carbocycles. The van der Waals surface area contributed by atoms with Gasteiger partial charge in [-0.3, -0.25) is 4.79 Å². The number of aromatic nitrogens is 2. The van der Waals surface area contributed by atoms with E-state index in [0.29, 0.717) is 43.8 Å². The number of nitrogens with one attached hydrogen (secondary N) is 3. The van der Waals surface area contributed by atoms with Crippen LogP contribution in [0, 0.1) is 0 Å². The van der Waals surface area contributed by atoms with Crippen LogP contribution < -0.4 is 25.6 Å². The lowest BCUT2D eigenvalue weighted by Crippen LogP contribution is -2.36. The Labute approximate surface area is 213 Å². The number of anilines is 5. The molecule has 14 heteroatoms. The minimum Gasteiger partial charge on any atom is -0.433 e. The predicted molar refractivity (Wildman–Crippen MR) is 127 cm³/mol. The monoisotopic (exact) mass is 536 g/mol. The van der Waals surface area contributed by atoms with E-state index in [1.807, 2.05) is 4.90 Å². The number of amides is 1. The van der Waals surface area contributed by atoms with Gasteiger partial charge in [-0.2, -0.15) is 26.9 Å². The number of benzene rings is 2. The third-order valence-electron chi connectivity index (χ3n) is 5.97. The standard InChI is InChI=1S/C24H21F5N6O3/c25-22(26)38-18-10-14(35-6-8-37-9-7-35)4-5-16(18)33-23-31-12-15(24(27,28)29)20(34-23)32-17-3-1-2-13-11-30-21(36)19(13)17/h1-5,10,12,22H,6-9,11H2,(H,30,36)(H2,31,32,33,34). The molecule has 1 aromatic heterocycles. The number of hydrogen-bond donors (Lipinski definition) is 3. The van der Waals surface area contributed by atoms with Crippen molar-refractivity contribution in [1.82, 2.24) is 15.3 Å². The molecule has 38 heavy (non-hydrogen) atoms. The van der Waals surface area contributed by atoms with Gasteiger partial charge in [-0.05, 0) is 23.8 Å². The summed E-state index contributed by atoms with van der Waals surface area (Å²) in [5, 5.41) is 7.88. The second-order valence-electron chi connectivity index (χ2n) is 8.38. The minimum atomic E-state index is -4.81. The quantitative estimate of drug-likeness (QED) is 0.375. The first-order chi connectivity index (χ1) is 18.2. The average Bonchev–Trinajstić information content (AvgIpc) is 3.26. The van der Waals surface area contributed by atoms with Crippen LogP contribution in [0.5, 0.6) is 5.75 Å². The van der Waals surface area contributed by atoms with Crippen LogP contribution in [0.15, 0.2) is 42.6 Å². The Kier molecular flexibility index (Phi) is 6.89. The second-order valence-corrected chi connectivity index (χ2v) is 8.38. The molecule has 3 N–H and O–H groups in total. The molecule has 0 unspecified atom stereocenters. The molecule has 3 aromatic rings. The van der Waals surface area contributed by atoms with Crippen molar-refractivity contribution in [2.24, 2.45) is 0 Å².